The van der Waals surface area contributed by atoms with Crippen LogP contribution < -0.4 is 16.9 Å². The lowest BCUT2D eigenvalue weighted by Gasteiger charge is -2.35. The van der Waals surface area contributed by atoms with Crippen LogP contribution in [0.4, 0.5) is 8.78 Å². The van der Waals surface area contributed by atoms with E-state index in [1.165, 1.54) is 24.1 Å². The Labute approximate surface area is 109 Å². The molecule has 2 aliphatic rings. The van der Waals surface area contributed by atoms with Gasteiger partial charge in [-0.2, -0.15) is 0 Å². The first kappa shape index (κ1) is 13.5. The summed E-state index contributed by atoms with van der Waals surface area (Å²) >= 11 is 0. The van der Waals surface area contributed by atoms with Gasteiger partial charge < -0.3 is 16.5 Å². The molecule has 0 saturated carbocycles. The van der Waals surface area contributed by atoms with Crippen molar-refractivity contribution < 1.29 is 13.6 Å². The lowest BCUT2D eigenvalue weighted by Crippen LogP contribution is -2.57. The summed E-state index contributed by atoms with van der Waals surface area (Å²) < 4.78 is 27.7. The normalized spacial score (nSPS) is 29.7. The summed E-state index contributed by atoms with van der Waals surface area (Å²) in [5, 5.41) is 1.48. The molecule has 1 amide bonds. The lowest BCUT2D eigenvalue weighted by molar-refractivity contribution is -0.122. The molecule has 5 nitrogen and oxygen atoms in total. The van der Waals surface area contributed by atoms with Crippen molar-refractivity contribution in [1.29, 1.82) is 0 Å². The molecule has 1 heterocycles. The van der Waals surface area contributed by atoms with Gasteiger partial charge in [-0.1, -0.05) is 0 Å². The van der Waals surface area contributed by atoms with E-state index < -0.39 is 23.8 Å². The number of amides is 1. The Hall–Kier alpha value is -1.89. The third kappa shape index (κ3) is 1.99. The number of allylic oxidation sites excluding steroid dienone is 2. The van der Waals surface area contributed by atoms with Crippen molar-refractivity contribution in [2.45, 2.75) is 24.8 Å². The molecule has 0 aromatic carbocycles. The third-order valence-electron chi connectivity index (χ3n) is 3.46. The zero-order valence-electron chi connectivity index (χ0n) is 10.7. The molecular weight excluding hydrogens is 254 g/mol. The molecule has 0 aromatic rings. The first-order chi connectivity index (χ1) is 8.69. The van der Waals surface area contributed by atoms with E-state index in [0.717, 1.165) is 0 Å². The van der Waals surface area contributed by atoms with Gasteiger partial charge in [0.1, 0.15) is 0 Å². The maximum Gasteiger partial charge on any atom is 0.273 e. The predicted molar refractivity (Wildman–Crippen MR) is 66.5 cm³/mol. The Balaban J connectivity index is 2.53. The van der Waals surface area contributed by atoms with Crippen LogP contribution in [0.25, 0.3) is 0 Å². The topological polar surface area (TPSA) is 84.4 Å². The first-order valence-electron chi connectivity index (χ1n) is 5.74. The first-order valence-corrected chi connectivity index (χ1v) is 5.74. The molecule has 0 bridgehead atoms. The van der Waals surface area contributed by atoms with E-state index in [1.54, 1.807) is 13.2 Å². The predicted octanol–water partition coefficient (Wildman–Crippen LogP) is 0.372. The van der Waals surface area contributed by atoms with Crippen LogP contribution in [0.3, 0.4) is 0 Å². The Kier molecular flexibility index (Phi) is 2.89. The van der Waals surface area contributed by atoms with E-state index in [2.05, 4.69) is 5.43 Å². The van der Waals surface area contributed by atoms with Gasteiger partial charge in [0.15, 0.2) is 5.54 Å². The smallest absolute Gasteiger partial charge is 0.273 e. The number of carbonyl (C=O) groups is 1. The van der Waals surface area contributed by atoms with Crippen LogP contribution >= 0.6 is 0 Å². The van der Waals surface area contributed by atoms with Crippen LogP contribution in [0.1, 0.15) is 13.3 Å². The zero-order chi connectivity index (χ0) is 14.4. The summed E-state index contributed by atoms with van der Waals surface area (Å²) in [6.45, 7) is 1.31. The van der Waals surface area contributed by atoms with Gasteiger partial charge in [0, 0.05) is 25.4 Å². The van der Waals surface area contributed by atoms with Crippen molar-refractivity contribution in [1.82, 2.24) is 10.4 Å². The summed E-state index contributed by atoms with van der Waals surface area (Å²) in [4.78, 5) is 11.7. The molecule has 1 atom stereocenters. The number of primary amides is 1. The number of halogens is 2. The average Bonchev–Trinajstić information content (AvgIpc) is 2.68. The van der Waals surface area contributed by atoms with Crippen molar-refractivity contribution in [3.05, 3.63) is 35.2 Å². The second-order valence-electron chi connectivity index (χ2n) is 4.85. The Morgan fingerprint density at radius 3 is 2.63 bits per heavy atom. The van der Waals surface area contributed by atoms with Crippen LogP contribution in [0.2, 0.25) is 0 Å². The van der Waals surface area contributed by atoms with Crippen LogP contribution in [0, 0.1) is 0 Å². The van der Waals surface area contributed by atoms with Gasteiger partial charge in [0.05, 0.1) is 0 Å². The second-order valence-corrected chi connectivity index (χ2v) is 4.85. The molecule has 1 aliphatic heterocycles. The van der Waals surface area contributed by atoms with Gasteiger partial charge in [0.2, 0.25) is 5.91 Å². The number of rotatable bonds is 2. The average molecular weight is 270 g/mol. The van der Waals surface area contributed by atoms with Gasteiger partial charge in [-0.15, -0.1) is 0 Å². The van der Waals surface area contributed by atoms with E-state index in [9.17, 15) is 13.6 Å². The number of hydrogen-bond donors (Lipinski definition) is 3. The largest absolute Gasteiger partial charge is 0.399 e. The summed E-state index contributed by atoms with van der Waals surface area (Å²) in [5.74, 6) is -3.80. The maximum absolute atomic E-state index is 13.8. The summed E-state index contributed by atoms with van der Waals surface area (Å²) in [5.41, 5.74) is 12.6. The molecule has 0 radical (unpaired) electrons. The van der Waals surface area contributed by atoms with Crippen molar-refractivity contribution in [2.24, 2.45) is 11.5 Å². The number of alkyl halides is 2. The zero-order valence-corrected chi connectivity index (χ0v) is 10.7. The summed E-state index contributed by atoms with van der Waals surface area (Å²) in [6, 6.07) is 0. The molecular formula is C12H16F2N4O. The standard InChI is InChI=1S/C12H16F2N4O/c1-7-5-9(15)8(6-12(7,13)14)11(10(16)19)3-4-18(2)17-11/h3-5,17H,6,15H2,1-2H3,(H2,16,19). The number of nitrogens with two attached hydrogens (primary N) is 2. The maximum atomic E-state index is 13.8. The minimum Gasteiger partial charge on any atom is -0.399 e. The van der Waals surface area contributed by atoms with E-state index >= 15 is 0 Å². The SMILES string of the molecule is CC1=CC(N)=C(C2(C(N)=O)C=CN(C)N2)CC1(F)F. The van der Waals surface area contributed by atoms with E-state index in [1.807, 2.05) is 0 Å². The number of carbonyl (C=O) groups excluding carboxylic acids is 1. The molecule has 7 heteroatoms. The van der Waals surface area contributed by atoms with Gasteiger partial charge in [0.25, 0.3) is 5.92 Å². The van der Waals surface area contributed by atoms with Crippen molar-refractivity contribution in [2.75, 3.05) is 7.05 Å². The minimum absolute atomic E-state index is 0.0937. The molecule has 0 aromatic heterocycles. The molecule has 0 saturated heterocycles. The number of hydrogen-bond acceptors (Lipinski definition) is 4. The number of nitrogens with one attached hydrogen (secondary N) is 1. The highest BCUT2D eigenvalue weighted by atomic mass is 19.3. The third-order valence-corrected chi connectivity index (χ3v) is 3.46. The molecule has 0 fully saturated rings. The van der Waals surface area contributed by atoms with Gasteiger partial charge in [-0.05, 0) is 30.2 Å². The quantitative estimate of drug-likeness (QED) is 0.677. The van der Waals surface area contributed by atoms with Crippen molar-refractivity contribution in [3.8, 4) is 0 Å². The van der Waals surface area contributed by atoms with E-state index in [0.29, 0.717) is 0 Å². The van der Waals surface area contributed by atoms with Crippen LogP contribution in [0.15, 0.2) is 35.2 Å². The van der Waals surface area contributed by atoms with E-state index in [4.69, 9.17) is 11.5 Å². The summed E-state index contributed by atoms with van der Waals surface area (Å²) in [7, 11) is 1.64. The van der Waals surface area contributed by atoms with Crippen molar-refractivity contribution >= 4 is 5.91 Å². The Bertz CT molecular complexity index is 524. The highest BCUT2D eigenvalue weighted by Crippen LogP contribution is 2.41. The molecule has 104 valence electrons. The van der Waals surface area contributed by atoms with E-state index in [-0.39, 0.29) is 16.8 Å². The molecule has 5 N–H and O–H groups in total. The number of nitrogens with zero attached hydrogens (tertiary/aromatic N) is 1. The Morgan fingerprint density at radius 2 is 2.16 bits per heavy atom. The van der Waals surface area contributed by atoms with Crippen molar-refractivity contribution in [3.63, 3.8) is 0 Å². The van der Waals surface area contributed by atoms with Crippen LogP contribution in [-0.2, 0) is 4.79 Å². The fourth-order valence-corrected chi connectivity index (χ4v) is 2.29. The van der Waals surface area contributed by atoms with Crippen LogP contribution in [-0.4, -0.2) is 29.4 Å². The minimum atomic E-state index is -3.03. The lowest BCUT2D eigenvalue weighted by atomic mass is 9.80. The van der Waals surface area contributed by atoms with Gasteiger partial charge >= 0.3 is 0 Å². The molecule has 0 spiro atoms. The molecule has 1 aliphatic carbocycles. The Morgan fingerprint density at radius 1 is 1.53 bits per heavy atom. The van der Waals surface area contributed by atoms with Gasteiger partial charge in [-0.3, -0.25) is 4.79 Å². The summed E-state index contributed by atoms with van der Waals surface area (Å²) in [6.07, 6.45) is 3.56. The van der Waals surface area contributed by atoms with Gasteiger partial charge in [-0.25, -0.2) is 14.2 Å². The molecule has 2 rings (SSSR count). The highest BCUT2D eigenvalue weighted by Gasteiger charge is 2.49. The molecule has 1 unspecified atom stereocenters. The monoisotopic (exact) mass is 270 g/mol. The van der Waals surface area contributed by atoms with Crippen LogP contribution in [0.5, 0.6) is 0 Å². The molecule has 19 heavy (non-hydrogen) atoms. The second kappa shape index (κ2) is 4.06. The fourth-order valence-electron chi connectivity index (χ4n) is 2.29. The highest BCUT2D eigenvalue weighted by molar-refractivity contribution is 5.92. The number of hydrazine groups is 1. The fraction of sp³-hybridized carbons (Fsp3) is 0.417.